The molecule has 6 heteroatoms. The maximum atomic E-state index is 11.6. The topological polar surface area (TPSA) is 66.4 Å². The van der Waals surface area contributed by atoms with Crippen LogP contribution in [0.5, 0.6) is 0 Å². The first-order chi connectivity index (χ1) is 9.37. The third-order valence-corrected chi connectivity index (χ3v) is 5.72. The van der Waals surface area contributed by atoms with E-state index in [2.05, 4.69) is 5.32 Å². The molecule has 0 aromatic heterocycles. The largest absolute Gasteiger partial charge is 0.387 e. The minimum absolute atomic E-state index is 0.0781. The van der Waals surface area contributed by atoms with E-state index in [4.69, 9.17) is 11.6 Å². The lowest BCUT2D eigenvalue weighted by molar-refractivity contribution is 0.129. The van der Waals surface area contributed by atoms with Crippen LogP contribution in [-0.4, -0.2) is 37.1 Å². The lowest BCUT2D eigenvalue weighted by atomic mass is 10.0. The molecule has 0 saturated carbocycles. The van der Waals surface area contributed by atoms with Crippen molar-refractivity contribution in [2.45, 2.75) is 38.0 Å². The second-order valence-electron chi connectivity index (χ2n) is 5.41. The van der Waals surface area contributed by atoms with E-state index in [1.165, 1.54) is 0 Å². The summed E-state index contributed by atoms with van der Waals surface area (Å²) in [6.07, 6.45) is 0.831. The molecule has 0 amide bonds. The molecule has 1 aromatic rings. The van der Waals surface area contributed by atoms with E-state index in [0.717, 1.165) is 12.0 Å². The van der Waals surface area contributed by atoms with Crippen LogP contribution in [0.25, 0.3) is 0 Å². The van der Waals surface area contributed by atoms with Crippen LogP contribution in [-0.2, 0) is 9.84 Å². The fourth-order valence-electron chi connectivity index (χ4n) is 2.57. The van der Waals surface area contributed by atoms with Crippen molar-refractivity contribution in [1.82, 2.24) is 5.32 Å². The smallest absolute Gasteiger partial charge is 0.151 e. The van der Waals surface area contributed by atoms with Crippen LogP contribution >= 0.6 is 11.6 Å². The summed E-state index contributed by atoms with van der Waals surface area (Å²) < 4.78 is 23.2. The number of rotatable bonds is 4. The number of benzene rings is 1. The fourth-order valence-corrected chi connectivity index (χ4v) is 4.34. The summed E-state index contributed by atoms with van der Waals surface area (Å²) >= 11 is 5.82. The second kappa shape index (κ2) is 6.43. The second-order valence-corrected chi connectivity index (χ2v) is 8.07. The number of aliphatic hydroxyl groups is 1. The summed E-state index contributed by atoms with van der Waals surface area (Å²) in [4.78, 5) is 0. The molecular weight excluding hydrogens is 298 g/mol. The minimum atomic E-state index is -2.94. The molecule has 0 bridgehead atoms. The van der Waals surface area contributed by atoms with Crippen LogP contribution in [0.1, 0.15) is 31.4 Å². The Kier molecular flexibility index (Phi) is 5.07. The van der Waals surface area contributed by atoms with Gasteiger partial charge in [-0.2, -0.15) is 0 Å². The van der Waals surface area contributed by atoms with Crippen LogP contribution in [0, 0.1) is 0 Å². The van der Waals surface area contributed by atoms with E-state index in [0.29, 0.717) is 11.4 Å². The highest BCUT2D eigenvalue weighted by atomic mass is 35.5. The monoisotopic (exact) mass is 317 g/mol. The molecule has 0 aliphatic carbocycles. The van der Waals surface area contributed by atoms with Gasteiger partial charge in [-0.25, -0.2) is 8.42 Å². The van der Waals surface area contributed by atoms with Gasteiger partial charge in [0.05, 0.1) is 17.6 Å². The Balaban J connectivity index is 1.97. The minimum Gasteiger partial charge on any atom is -0.387 e. The van der Waals surface area contributed by atoms with Crippen molar-refractivity contribution in [3.63, 3.8) is 0 Å². The highest BCUT2D eigenvalue weighted by Gasteiger charge is 2.27. The summed E-state index contributed by atoms with van der Waals surface area (Å²) in [6, 6.07) is 6.74. The van der Waals surface area contributed by atoms with E-state index in [1.54, 1.807) is 24.3 Å². The lowest BCUT2D eigenvalue weighted by Gasteiger charge is -2.29. The standard InChI is InChI=1S/C14H20ClNO3S/c1-10(14(17)11-4-6-12(15)7-5-11)16-13-3-2-8-20(18,19)9-13/h4-7,10,13-14,16-17H,2-3,8-9H2,1H3. The number of nitrogens with one attached hydrogen (secondary N) is 1. The molecule has 1 saturated heterocycles. The van der Waals surface area contributed by atoms with Crippen LogP contribution < -0.4 is 5.32 Å². The van der Waals surface area contributed by atoms with Crippen molar-refractivity contribution in [3.05, 3.63) is 34.9 Å². The van der Waals surface area contributed by atoms with Crippen molar-refractivity contribution in [2.24, 2.45) is 0 Å². The van der Waals surface area contributed by atoms with Crippen molar-refractivity contribution in [3.8, 4) is 0 Å². The normalized spacial score (nSPS) is 25.1. The molecule has 112 valence electrons. The van der Waals surface area contributed by atoms with Gasteiger partial charge in [0.15, 0.2) is 9.84 Å². The van der Waals surface area contributed by atoms with Crippen LogP contribution in [0.4, 0.5) is 0 Å². The van der Waals surface area contributed by atoms with Gasteiger partial charge in [-0.15, -0.1) is 0 Å². The van der Waals surface area contributed by atoms with Gasteiger partial charge < -0.3 is 10.4 Å². The van der Waals surface area contributed by atoms with E-state index in [1.807, 2.05) is 6.92 Å². The Morgan fingerprint density at radius 1 is 1.35 bits per heavy atom. The predicted octanol–water partition coefficient (Wildman–Crippen LogP) is 1.93. The van der Waals surface area contributed by atoms with Crippen LogP contribution in [0.2, 0.25) is 5.02 Å². The zero-order valence-corrected chi connectivity index (χ0v) is 13.0. The summed E-state index contributed by atoms with van der Waals surface area (Å²) in [6.45, 7) is 1.86. The molecule has 1 fully saturated rings. The SMILES string of the molecule is CC(NC1CCCS(=O)(=O)C1)C(O)c1ccc(Cl)cc1. The molecule has 1 heterocycles. The molecule has 3 atom stereocenters. The third-order valence-electron chi connectivity index (χ3n) is 3.65. The van der Waals surface area contributed by atoms with E-state index in [9.17, 15) is 13.5 Å². The Labute approximate surface area is 125 Å². The van der Waals surface area contributed by atoms with Gasteiger partial charge in [0, 0.05) is 17.1 Å². The molecule has 1 aromatic carbocycles. The molecule has 2 N–H and O–H groups in total. The van der Waals surface area contributed by atoms with Gasteiger partial charge in [-0.05, 0) is 37.5 Å². The third kappa shape index (κ3) is 4.19. The van der Waals surface area contributed by atoms with Crippen molar-refractivity contribution < 1.29 is 13.5 Å². The molecular formula is C14H20ClNO3S. The molecule has 1 aliphatic heterocycles. The van der Waals surface area contributed by atoms with Gasteiger partial charge >= 0.3 is 0 Å². The average molecular weight is 318 g/mol. The molecule has 3 unspecified atom stereocenters. The number of hydrogen-bond acceptors (Lipinski definition) is 4. The maximum absolute atomic E-state index is 11.6. The quantitative estimate of drug-likeness (QED) is 0.890. The summed E-state index contributed by atoms with van der Waals surface area (Å²) in [5.41, 5.74) is 0.771. The Hall–Kier alpha value is -0.620. The molecule has 4 nitrogen and oxygen atoms in total. The van der Waals surface area contributed by atoms with E-state index >= 15 is 0 Å². The van der Waals surface area contributed by atoms with Gasteiger partial charge in [0.1, 0.15) is 0 Å². The number of halogens is 1. The Morgan fingerprint density at radius 3 is 2.60 bits per heavy atom. The van der Waals surface area contributed by atoms with Crippen LogP contribution in [0.3, 0.4) is 0 Å². The van der Waals surface area contributed by atoms with Gasteiger partial charge in [-0.1, -0.05) is 23.7 Å². The molecule has 20 heavy (non-hydrogen) atoms. The molecule has 0 radical (unpaired) electrons. The van der Waals surface area contributed by atoms with Gasteiger partial charge in [0.2, 0.25) is 0 Å². The van der Waals surface area contributed by atoms with Crippen molar-refractivity contribution in [2.75, 3.05) is 11.5 Å². The number of aliphatic hydroxyl groups excluding tert-OH is 1. The average Bonchev–Trinajstić information content (AvgIpc) is 2.37. The fraction of sp³-hybridized carbons (Fsp3) is 0.571. The highest BCUT2D eigenvalue weighted by Crippen LogP contribution is 2.21. The first-order valence-electron chi connectivity index (χ1n) is 6.77. The Bertz CT molecular complexity index is 544. The highest BCUT2D eigenvalue weighted by molar-refractivity contribution is 7.91. The lowest BCUT2D eigenvalue weighted by Crippen LogP contribution is -2.46. The first-order valence-corrected chi connectivity index (χ1v) is 8.97. The molecule has 1 aliphatic rings. The Morgan fingerprint density at radius 2 is 2.00 bits per heavy atom. The van der Waals surface area contributed by atoms with E-state index < -0.39 is 15.9 Å². The first kappa shape index (κ1) is 15.8. The maximum Gasteiger partial charge on any atom is 0.151 e. The number of hydrogen-bond donors (Lipinski definition) is 2. The predicted molar refractivity (Wildman–Crippen MR) is 80.7 cm³/mol. The molecule has 0 spiro atoms. The van der Waals surface area contributed by atoms with E-state index in [-0.39, 0.29) is 23.6 Å². The number of sulfone groups is 1. The van der Waals surface area contributed by atoms with Gasteiger partial charge in [0.25, 0.3) is 0 Å². The summed E-state index contributed by atoms with van der Waals surface area (Å²) in [7, 11) is -2.94. The van der Waals surface area contributed by atoms with Crippen LogP contribution in [0.15, 0.2) is 24.3 Å². The molecule has 2 rings (SSSR count). The van der Waals surface area contributed by atoms with Gasteiger partial charge in [-0.3, -0.25) is 0 Å². The van der Waals surface area contributed by atoms with Crippen molar-refractivity contribution in [1.29, 1.82) is 0 Å². The summed E-state index contributed by atoms with van der Waals surface area (Å²) in [5.74, 6) is 0.435. The van der Waals surface area contributed by atoms with Crippen molar-refractivity contribution >= 4 is 21.4 Å². The zero-order valence-electron chi connectivity index (χ0n) is 11.4. The summed E-state index contributed by atoms with van der Waals surface area (Å²) in [5, 5.41) is 14.1. The zero-order chi connectivity index (χ0) is 14.8.